The number of hydrogen-bond donors (Lipinski definition) is 3. The van der Waals surface area contributed by atoms with E-state index in [1.54, 1.807) is 30.5 Å². The van der Waals surface area contributed by atoms with Gasteiger partial charge in [-0.05, 0) is 43.9 Å². The number of nitrogens with one attached hydrogen (secondary N) is 3. The number of rotatable bonds is 6. The highest BCUT2D eigenvalue weighted by Gasteiger charge is 2.30. The van der Waals surface area contributed by atoms with Gasteiger partial charge in [0.25, 0.3) is 17.7 Å². The van der Waals surface area contributed by atoms with Gasteiger partial charge in [0, 0.05) is 30.7 Å². The Morgan fingerprint density at radius 3 is 2.58 bits per heavy atom. The van der Waals surface area contributed by atoms with Crippen molar-refractivity contribution in [2.45, 2.75) is 57.0 Å². The Morgan fingerprint density at radius 2 is 1.88 bits per heavy atom. The van der Waals surface area contributed by atoms with Gasteiger partial charge in [-0.3, -0.25) is 19.4 Å². The van der Waals surface area contributed by atoms with Crippen molar-refractivity contribution in [2.75, 3.05) is 12.4 Å². The summed E-state index contributed by atoms with van der Waals surface area (Å²) in [4.78, 5) is 49.3. The molecule has 5 rings (SSSR count). The number of carbonyl (C=O) groups is 3. The first-order valence-electron chi connectivity index (χ1n) is 11.5. The minimum Gasteiger partial charge on any atom is -0.349 e. The van der Waals surface area contributed by atoms with Gasteiger partial charge in [0.15, 0.2) is 0 Å². The topological polar surface area (TPSA) is 107 Å². The molecule has 0 aliphatic heterocycles. The van der Waals surface area contributed by atoms with Crippen molar-refractivity contribution in [3.05, 3.63) is 46.6 Å². The zero-order valence-corrected chi connectivity index (χ0v) is 19.3. The van der Waals surface area contributed by atoms with E-state index in [0.717, 1.165) is 38.5 Å². The van der Waals surface area contributed by atoms with Crippen LogP contribution in [0.3, 0.4) is 0 Å². The zero-order valence-electron chi connectivity index (χ0n) is 18.5. The van der Waals surface area contributed by atoms with Crippen LogP contribution in [0.4, 0.5) is 5.82 Å². The molecule has 2 fully saturated rings. The van der Waals surface area contributed by atoms with Crippen molar-refractivity contribution in [1.29, 1.82) is 0 Å². The fourth-order valence-electron chi connectivity index (χ4n) is 4.38. The van der Waals surface area contributed by atoms with Crippen molar-refractivity contribution in [2.24, 2.45) is 0 Å². The zero-order chi connectivity index (χ0) is 22.9. The van der Waals surface area contributed by atoms with Crippen molar-refractivity contribution < 1.29 is 14.4 Å². The highest BCUT2D eigenvalue weighted by atomic mass is 32.1. The molecule has 0 atom stereocenters. The van der Waals surface area contributed by atoms with Crippen molar-refractivity contribution in [3.8, 4) is 0 Å². The summed E-state index contributed by atoms with van der Waals surface area (Å²) in [7, 11) is 1.87. The third-order valence-corrected chi connectivity index (χ3v) is 7.46. The number of fused-ring (bicyclic) bond motifs is 1. The lowest BCUT2D eigenvalue weighted by Crippen LogP contribution is -2.37. The van der Waals surface area contributed by atoms with Crippen molar-refractivity contribution >= 4 is 45.1 Å². The Kier molecular flexibility index (Phi) is 5.88. The Hall–Kier alpha value is -3.20. The molecule has 3 aromatic rings. The first kappa shape index (κ1) is 21.6. The normalized spacial score (nSPS) is 16.5. The molecular formula is C24H27N5O3S. The Bertz CT molecular complexity index is 1190. The van der Waals surface area contributed by atoms with E-state index in [1.807, 2.05) is 11.9 Å². The molecule has 3 amide bonds. The number of carbonyl (C=O) groups excluding carboxylic acids is 3. The molecule has 0 unspecified atom stereocenters. The van der Waals surface area contributed by atoms with E-state index in [9.17, 15) is 14.4 Å². The maximum atomic E-state index is 13.2. The minimum atomic E-state index is -0.404. The van der Waals surface area contributed by atoms with Crippen LogP contribution in [0.15, 0.2) is 30.5 Å². The van der Waals surface area contributed by atoms with E-state index in [-0.39, 0.29) is 29.6 Å². The molecule has 3 aromatic heterocycles. The first-order chi connectivity index (χ1) is 16.0. The Balaban J connectivity index is 1.45. The van der Waals surface area contributed by atoms with Gasteiger partial charge in [-0.1, -0.05) is 25.3 Å². The highest BCUT2D eigenvalue weighted by Crippen LogP contribution is 2.35. The molecular weight excluding hydrogens is 438 g/mol. The summed E-state index contributed by atoms with van der Waals surface area (Å²) in [6.07, 6.45) is 9.05. The highest BCUT2D eigenvalue weighted by molar-refractivity contribution is 7.20. The molecule has 3 N–H and O–H groups in total. The molecule has 9 heteroatoms. The van der Waals surface area contributed by atoms with Crippen LogP contribution in [0.5, 0.6) is 0 Å². The van der Waals surface area contributed by atoms with E-state index in [2.05, 4.69) is 20.6 Å². The fourth-order valence-corrected chi connectivity index (χ4v) is 5.44. The molecule has 0 saturated heterocycles. The molecule has 8 nitrogen and oxygen atoms in total. The average Bonchev–Trinajstić information content (AvgIpc) is 3.46. The maximum absolute atomic E-state index is 13.2. The summed E-state index contributed by atoms with van der Waals surface area (Å²) < 4.78 is 0. The van der Waals surface area contributed by atoms with Gasteiger partial charge < -0.3 is 20.5 Å². The fraction of sp³-hybridized carbons (Fsp3) is 0.417. The van der Waals surface area contributed by atoms with Gasteiger partial charge in [-0.2, -0.15) is 0 Å². The quantitative estimate of drug-likeness (QED) is 0.508. The summed E-state index contributed by atoms with van der Waals surface area (Å²) in [5.74, 6) is -0.357. The summed E-state index contributed by atoms with van der Waals surface area (Å²) in [6, 6.07) is 7.28. The van der Waals surface area contributed by atoms with E-state index in [4.69, 9.17) is 0 Å². The van der Waals surface area contributed by atoms with E-state index in [0.29, 0.717) is 26.5 Å². The average molecular weight is 466 g/mol. The maximum Gasteiger partial charge on any atom is 0.275 e. The first-order valence-corrected chi connectivity index (χ1v) is 12.3. The standard InChI is InChI=1S/C24H27N5O3S/c1-29(15-7-3-2-4-8-15)24(32)18-13-16-19(22(31)26-14-10-11-14)20(28-23(16)33-18)27-21(30)17-9-5-6-12-25-17/h5-6,9,12-15,28H,2-4,7-8,10-11H2,1H3,(H,26,31)(H,27,30). The van der Waals surface area contributed by atoms with Crippen LogP contribution < -0.4 is 10.6 Å². The second kappa shape index (κ2) is 8.97. The molecule has 0 radical (unpaired) electrons. The number of nitrogens with zero attached hydrogens (tertiary/aromatic N) is 2. The SMILES string of the molecule is CN(C(=O)c1cc2c(C(=O)NC3CC3)c(NC(=O)c3ccccn3)[nH]c2s1)C1CCCCC1. The van der Waals surface area contributed by atoms with Gasteiger partial charge in [-0.25, -0.2) is 0 Å². The van der Waals surface area contributed by atoms with E-state index < -0.39 is 5.91 Å². The summed E-state index contributed by atoms with van der Waals surface area (Å²) >= 11 is 1.31. The number of H-pyrrole nitrogens is 1. The minimum absolute atomic E-state index is 0.0240. The van der Waals surface area contributed by atoms with Gasteiger partial charge >= 0.3 is 0 Å². The molecule has 0 aromatic carbocycles. The second-order valence-corrected chi connectivity index (χ2v) is 9.91. The van der Waals surface area contributed by atoms with Crippen LogP contribution in [0.2, 0.25) is 0 Å². The third-order valence-electron chi connectivity index (χ3n) is 6.42. The number of aromatic nitrogens is 2. The van der Waals surface area contributed by atoms with Crippen molar-refractivity contribution in [3.63, 3.8) is 0 Å². The number of pyridine rings is 1. The van der Waals surface area contributed by atoms with Crippen molar-refractivity contribution in [1.82, 2.24) is 20.2 Å². The number of aromatic amines is 1. The predicted molar refractivity (Wildman–Crippen MR) is 128 cm³/mol. The molecule has 3 heterocycles. The van der Waals surface area contributed by atoms with Gasteiger partial charge in [0.2, 0.25) is 0 Å². The summed E-state index contributed by atoms with van der Waals surface area (Å²) in [6.45, 7) is 0. The summed E-state index contributed by atoms with van der Waals surface area (Å²) in [5, 5.41) is 6.44. The Labute approximate surface area is 195 Å². The number of thiophene rings is 1. The smallest absolute Gasteiger partial charge is 0.275 e. The van der Waals surface area contributed by atoms with Crippen LogP contribution in [0, 0.1) is 0 Å². The van der Waals surface area contributed by atoms with Gasteiger partial charge in [0.1, 0.15) is 16.3 Å². The van der Waals surface area contributed by atoms with Crippen LogP contribution in [-0.2, 0) is 0 Å². The number of amides is 3. The number of hydrogen-bond acceptors (Lipinski definition) is 5. The third kappa shape index (κ3) is 4.50. The largest absolute Gasteiger partial charge is 0.349 e. The lowest BCUT2D eigenvalue weighted by molar-refractivity contribution is 0.0700. The number of anilines is 1. The monoisotopic (exact) mass is 465 g/mol. The second-order valence-electron chi connectivity index (χ2n) is 8.85. The molecule has 172 valence electrons. The lowest BCUT2D eigenvalue weighted by Gasteiger charge is -2.30. The van der Waals surface area contributed by atoms with Crippen LogP contribution in [-0.4, -0.2) is 51.7 Å². The Morgan fingerprint density at radius 1 is 1.09 bits per heavy atom. The molecule has 0 bridgehead atoms. The van der Waals surface area contributed by atoms with Crippen LogP contribution in [0.25, 0.3) is 10.2 Å². The molecule has 2 aliphatic rings. The van der Waals surface area contributed by atoms with Gasteiger partial charge in [0.05, 0.1) is 10.4 Å². The summed E-state index contributed by atoms with van der Waals surface area (Å²) in [5.41, 5.74) is 0.616. The van der Waals surface area contributed by atoms with Crippen LogP contribution in [0.1, 0.15) is 75.5 Å². The van der Waals surface area contributed by atoms with Crippen LogP contribution >= 0.6 is 11.3 Å². The molecule has 2 saturated carbocycles. The lowest BCUT2D eigenvalue weighted by atomic mass is 9.94. The van der Waals surface area contributed by atoms with E-state index >= 15 is 0 Å². The predicted octanol–water partition coefficient (Wildman–Crippen LogP) is 4.17. The molecule has 0 spiro atoms. The molecule has 33 heavy (non-hydrogen) atoms. The molecule has 2 aliphatic carbocycles. The van der Waals surface area contributed by atoms with E-state index in [1.165, 1.54) is 17.8 Å². The van der Waals surface area contributed by atoms with Gasteiger partial charge in [-0.15, -0.1) is 11.3 Å².